The van der Waals surface area contributed by atoms with Crippen LogP contribution in [0.15, 0.2) is 65.5 Å². The lowest BCUT2D eigenvalue weighted by Gasteiger charge is -2.32. The number of methoxy groups -OCH3 is 1. The number of carbonyl (C=O) groups is 4. The number of benzene rings is 2. The molecule has 0 unspecified atom stereocenters. The molecule has 0 radical (unpaired) electrons. The van der Waals surface area contributed by atoms with E-state index in [0.29, 0.717) is 36.9 Å². The van der Waals surface area contributed by atoms with Crippen molar-refractivity contribution in [2.75, 3.05) is 20.7 Å². The molecule has 0 bridgehead atoms. The van der Waals surface area contributed by atoms with Crippen molar-refractivity contribution in [1.29, 1.82) is 0 Å². The predicted octanol–water partition coefficient (Wildman–Crippen LogP) is 5.85. The molecule has 1 fully saturated rings. The van der Waals surface area contributed by atoms with E-state index < -0.39 is 41.8 Å². The first-order valence-corrected chi connectivity index (χ1v) is 20.8. The molecule has 1 heterocycles. The van der Waals surface area contributed by atoms with E-state index in [4.69, 9.17) is 4.74 Å². The van der Waals surface area contributed by atoms with E-state index >= 15 is 0 Å². The number of hydrogen-bond donors (Lipinski definition) is 4. The number of ether oxygens (including phenoxy) is 1. The van der Waals surface area contributed by atoms with Gasteiger partial charge in [-0.25, -0.2) is 4.98 Å². The molecule has 1 aromatic heterocycles. The smallest absolute Gasteiger partial charge is 0.243 e. The SMILES string of the molecule is CCCCNC(=O)[C@H](C)C[C@H](O)[C@H](CC1CCCCC1)NC(=O)[C@H](Cc1cscn1)NC(=O)[C@@H](CC(=O)N(C)Cc1ccccc1)Cc1ccc(OC)cc1. The zero-order chi connectivity index (χ0) is 39.6. The van der Waals surface area contributed by atoms with Crippen molar-refractivity contribution < 1.29 is 29.0 Å². The van der Waals surface area contributed by atoms with Crippen molar-refractivity contribution in [1.82, 2.24) is 25.8 Å². The number of aliphatic hydroxyl groups is 1. The van der Waals surface area contributed by atoms with E-state index in [1.807, 2.05) is 60.0 Å². The van der Waals surface area contributed by atoms with Crippen LogP contribution >= 0.6 is 11.3 Å². The van der Waals surface area contributed by atoms with Crippen LogP contribution in [0.5, 0.6) is 5.75 Å². The van der Waals surface area contributed by atoms with E-state index in [9.17, 15) is 24.3 Å². The summed E-state index contributed by atoms with van der Waals surface area (Å²) in [4.78, 5) is 61.1. The third kappa shape index (κ3) is 14.7. The molecule has 2 aromatic carbocycles. The molecule has 1 saturated carbocycles. The second kappa shape index (κ2) is 22.9. The number of amides is 4. The topological polar surface area (TPSA) is 150 Å². The number of hydrogen-bond acceptors (Lipinski definition) is 8. The zero-order valence-corrected chi connectivity index (χ0v) is 33.8. The van der Waals surface area contributed by atoms with Gasteiger partial charge in [-0.2, -0.15) is 0 Å². The maximum absolute atomic E-state index is 14.3. The van der Waals surface area contributed by atoms with Gasteiger partial charge in [0.2, 0.25) is 23.6 Å². The monoisotopic (exact) mass is 775 g/mol. The van der Waals surface area contributed by atoms with Crippen LogP contribution in [0.4, 0.5) is 0 Å². The molecule has 0 saturated heterocycles. The van der Waals surface area contributed by atoms with E-state index in [0.717, 1.165) is 49.7 Å². The van der Waals surface area contributed by atoms with Crippen LogP contribution in [0.3, 0.4) is 0 Å². The number of unbranched alkanes of at least 4 members (excludes halogenated alkanes) is 1. The number of nitrogens with one attached hydrogen (secondary N) is 3. The second-order valence-electron chi connectivity index (χ2n) is 15.1. The zero-order valence-electron chi connectivity index (χ0n) is 33.0. The first-order valence-electron chi connectivity index (χ1n) is 19.9. The quantitative estimate of drug-likeness (QED) is 0.0937. The number of nitrogens with zero attached hydrogens (tertiary/aromatic N) is 2. The van der Waals surface area contributed by atoms with Gasteiger partial charge in [-0.05, 0) is 54.9 Å². The van der Waals surface area contributed by atoms with Gasteiger partial charge in [-0.1, -0.05) is 94.8 Å². The lowest BCUT2D eigenvalue weighted by Crippen LogP contribution is -2.55. The lowest BCUT2D eigenvalue weighted by molar-refractivity contribution is -0.137. The number of carbonyl (C=O) groups excluding carboxylic acids is 4. The summed E-state index contributed by atoms with van der Waals surface area (Å²) in [5.74, 6) is -1.37. The average molecular weight is 776 g/mol. The molecule has 4 N–H and O–H groups in total. The fourth-order valence-corrected chi connectivity index (χ4v) is 7.81. The van der Waals surface area contributed by atoms with Gasteiger partial charge >= 0.3 is 0 Å². The molecule has 55 heavy (non-hydrogen) atoms. The highest BCUT2D eigenvalue weighted by Gasteiger charge is 2.33. The molecular formula is C43H61N5O6S. The standard InChI is InChI=1S/C43H61N5O6S/c1-5-6-21-44-41(51)30(2)22-39(49)37(24-31-13-9-7-10-14-31)46-43(53)38(26-35-28-55-29-45-35)47-42(52)34(23-32-17-19-36(54-4)20-18-32)25-40(50)48(3)27-33-15-11-8-12-16-33/h8,11-12,15-20,28-31,34,37-39,49H,5-7,9-10,13-14,21-27H2,1-4H3,(H,44,51)(H,46,53)(H,47,52)/t30-,34-,37+,38+,39+/m1/s1. The summed E-state index contributed by atoms with van der Waals surface area (Å²) < 4.78 is 5.32. The second-order valence-corrected chi connectivity index (χ2v) is 15.9. The van der Waals surface area contributed by atoms with Gasteiger partial charge in [0.15, 0.2) is 0 Å². The third-order valence-electron chi connectivity index (χ3n) is 10.6. The first-order chi connectivity index (χ1) is 26.6. The number of thiazole rings is 1. The van der Waals surface area contributed by atoms with Crippen LogP contribution in [0.2, 0.25) is 0 Å². The number of aromatic nitrogens is 1. The summed E-state index contributed by atoms with van der Waals surface area (Å²) in [6.45, 7) is 4.85. The molecule has 1 aliphatic carbocycles. The van der Waals surface area contributed by atoms with E-state index in [1.165, 1.54) is 17.8 Å². The largest absolute Gasteiger partial charge is 0.497 e. The Hall–Kier alpha value is -4.29. The summed E-state index contributed by atoms with van der Waals surface area (Å²) in [7, 11) is 3.31. The Morgan fingerprint density at radius 1 is 0.945 bits per heavy atom. The molecule has 0 spiro atoms. The van der Waals surface area contributed by atoms with E-state index in [2.05, 4.69) is 27.9 Å². The van der Waals surface area contributed by atoms with Gasteiger partial charge in [0.05, 0.1) is 36.4 Å². The van der Waals surface area contributed by atoms with Crippen molar-refractivity contribution in [3.63, 3.8) is 0 Å². The van der Waals surface area contributed by atoms with Gasteiger partial charge in [0, 0.05) is 44.3 Å². The van der Waals surface area contributed by atoms with Crippen LogP contribution in [-0.4, -0.2) is 77.5 Å². The summed E-state index contributed by atoms with van der Waals surface area (Å²) >= 11 is 1.40. The van der Waals surface area contributed by atoms with Gasteiger partial charge in [0.1, 0.15) is 11.8 Å². The minimum Gasteiger partial charge on any atom is -0.497 e. The van der Waals surface area contributed by atoms with Crippen molar-refractivity contribution in [2.45, 2.75) is 116 Å². The minimum atomic E-state index is -1.01. The van der Waals surface area contributed by atoms with Gasteiger partial charge in [-0.3, -0.25) is 19.2 Å². The summed E-state index contributed by atoms with van der Waals surface area (Å²) in [6, 6.07) is 15.4. The Morgan fingerprint density at radius 2 is 1.67 bits per heavy atom. The van der Waals surface area contributed by atoms with Crippen LogP contribution < -0.4 is 20.7 Å². The molecule has 1 aliphatic rings. The van der Waals surface area contributed by atoms with Gasteiger partial charge in [-0.15, -0.1) is 11.3 Å². The van der Waals surface area contributed by atoms with E-state index in [-0.39, 0.29) is 37.5 Å². The van der Waals surface area contributed by atoms with Crippen LogP contribution in [-0.2, 0) is 38.6 Å². The van der Waals surface area contributed by atoms with Crippen molar-refractivity contribution in [3.05, 3.63) is 82.3 Å². The summed E-state index contributed by atoms with van der Waals surface area (Å²) in [5.41, 5.74) is 4.16. The van der Waals surface area contributed by atoms with Crippen molar-refractivity contribution >= 4 is 35.0 Å². The highest BCUT2D eigenvalue weighted by Crippen LogP contribution is 2.29. The van der Waals surface area contributed by atoms with Gasteiger partial charge < -0.3 is 30.7 Å². The molecule has 5 atom stereocenters. The van der Waals surface area contributed by atoms with Crippen molar-refractivity contribution in [2.24, 2.45) is 17.8 Å². The number of rotatable bonds is 22. The molecular weight excluding hydrogens is 715 g/mol. The fraction of sp³-hybridized carbons (Fsp3) is 0.558. The highest BCUT2D eigenvalue weighted by molar-refractivity contribution is 7.07. The van der Waals surface area contributed by atoms with Gasteiger partial charge in [0.25, 0.3) is 0 Å². The maximum atomic E-state index is 14.3. The highest BCUT2D eigenvalue weighted by atomic mass is 32.1. The third-order valence-corrected chi connectivity index (χ3v) is 11.3. The molecule has 0 aliphatic heterocycles. The van der Waals surface area contributed by atoms with Crippen LogP contribution in [0.25, 0.3) is 0 Å². The summed E-state index contributed by atoms with van der Waals surface area (Å²) in [6.07, 6.45) is 7.44. The molecule has 300 valence electrons. The molecule has 4 rings (SSSR count). The Labute approximate surface area is 331 Å². The Kier molecular flexibility index (Phi) is 18.1. The Bertz CT molecular complexity index is 1600. The molecule has 11 nitrogen and oxygen atoms in total. The maximum Gasteiger partial charge on any atom is 0.243 e. The normalized spacial score (nSPS) is 15.9. The first kappa shape index (κ1) is 43.4. The fourth-order valence-electron chi connectivity index (χ4n) is 7.24. The minimum absolute atomic E-state index is 0.0620. The van der Waals surface area contributed by atoms with Crippen LogP contribution in [0, 0.1) is 17.8 Å². The Morgan fingerprint density at radius 3 is 2.33 bits per heavy atom. The number of aliphatic hydroxyl groups excluding tert-OH is 1. The van der Waals surface area contributed by atoms with Crippen molar-refractivity contribution in [3.8, 4) is 5.75 Å². The molecule has 12 heteroatoms. The average Bonchev–Trinajstić information content (AvgIpc) is 3.71. The molecule has 4 amide bonds. The predicted molar refractivity (Wildman–Crippen MR) is 216 cm³/mol. The van der Waals surface area contributed by atoms with E-state index in [1.54, 1.807) is 31.5 Å². The lowest BCUT2D eigenvalue weighted by atomic mass is 9.82. The van der Waals surface area contributed by atoms with Crippen LogP contribution in [0.1, 0.15) is 94.9 Å². The summed E-state index contributed by atoms with van der Waals surface area (Å²) in [5, 5.41) is 22.5. The Balaban J connectivity index is 1.54. The molecule has 3 aromatic rings.